The van der Waals surface area contributed by atoms with Crippen LogP contribution in [-0.2, 0) is 0 Å². The number of nitrogens with one attached hydrogen (secondary N) is 1. The van der Waals surface area contributed by atoms with Gasteiger partial charge in [0.15, 0.2) is 5.76 Å². The number of aromatic nitrogens is 2. The van der Waals surface area contributed by atoms with Crippen LogP contribution in [-0.4, -0.2) is 15.1 Å². The summed E-state index contributed by atoms with van der Waals surface area (Å²) in [7, 11) is 0. The van der Waals surface area contributed by atoms with Gasteiger partial charge in [0.1, 0.15) is 16.4 Å². The van der Waals surface area contributed by atoms with Crippen molar-refractivity contribution >= 4 is 11.7 Å². The number of nitrogens with zero attached hydrogens (tertiary/aromatic N) is 2. The molecule has 7 nitrogen and oxygen atoms in total. The summed E-state index contributed by atoms with van der Waals surface area (Å²) >= 11 is 0. The molecule has 0 atom stereocenters. The highest BCUT2D eigenvalue weighted by Gasteiger charge is 2.16. The number of anilines is 1. The zero-order valence-electron chi connectivity index (χ0n) is 7.85. The maximum Gasteiger partial charge on any atom is 0.433 e. The molecule has 2 aromatic heterocycles. The summed E-state index contributed by atoms with van der Waals surface area (Å²) < 4.78 is 5.00. The molecule has 0 aliphatic rings. The summed E-state index contributed by atoms with van der Waals surface area (Å²) in [6.45, 7) is 1.75. The fourth-order valence-electron chi connectivity index (χ4n) is 1.21. The zero-order valence-corrected chi connectivity index (χ0v) is 7.85. The van der Waals surface area contributed by atoms with Crippen molar-refractivity contribution in [2.75, 3.05) is 5.73 Å². The number of nitrogen functional groups attached to an aromatic ring is 1. The average molecular weight is 208 g/mol. The molecule has 78 valence electrons. The van der Waals surface area contributed by atoms with Crippen LogP contribution in [0, 0.1) is 17.0 Å². The monoisotopic (exact) mass is 208 g/mol. The Bertz CT molecular complexity index is 514. The Morgan fingerprint density at radius 3 is 2.80 bits per heavy atom. The molecular formula is C8H8N4O3. The Balaban J connectivity index is 2.46. The summed E-state index contributed by atoms with van der Waals surface area (Å²) in [6.07, 6.45) is 0. The topological polar surface area (TPSA) is 111 Å². The number of aromatic amines is 1. The van der Waals surface area contributed by atoms with Crippen LogP contribution in [0.4, 0.5) is 11.7 Å². The maximum atomic E-state index is 10.4. The predicted octanol–water partition coefficient (Wildman–Crippen LogP) is 1.47. The number of hydrogen-bond donors (Lipinski definition) is 2. The SMILES string of the molecule is Cc1c(N)n[nH]c1-c1ccc([N+](=O)[O-])o1. The first-order valence-corrected chi connectivity index (χ1v) is 4.14. The van der Waals surface area contributed by atoms with E-state index >= 15 is 0 Å². The van der Waals surface area contributed by atoms with Crippen molar-refractivity contribution in [2.45, 2.75) is 6.92 Å². The second kappa shape index (κ2) is 3.12. The molecular weight excluding hydrogens is 200 g/mol. The highest BCUT2D eigenvalue weighted by molar-refractivity contribution is 5.63. The predicted molar refractivity (Wildman–Crippen MR) is 52.1 cm³/mol. The van der Waals surface area contributed by atoms with Crippen molar-refractivity contribution < 1.29 is 9.34 Å². The van der Waals surface area contributed by atoms with Crippen molar-refractivity contribution in [3.05, 3.63) is 27.8 Å². The van der Waals surface area contributed by atoms with Crippen LogP contribution >= 0.6 is 0 Å². The van der Waals surface area contributed by atoms with Gasteiger partial charge < -0.3 is 10.2 Å². The fraction of sp³-hybridized carbons (Fsp3) is 0.125. The van der Waals surface area contributed by atoms with Gasteiger partial charge in [-0.15, -0.1) is 0 Å². The molecule has 2 aromatic rings. The Morgan fingerprint density at radius 1 is 1.60 bits per heavy atom. The summed E-state index contributed by atoms with van der Waals surface area (Å²) in [6, 6.07) is 2.78. The highest BCUT2D eigenvalue weighted by Crippen LogP contribution is 2.28. The lowest BCUT2D eigenvalue weighted by atomic mass is 10.2. The lowest BCUT2D eigenvalue weighted by Crippen LogP contribution is -1.86. The van der Waals surface area contributed by atoms with Crippen LogP contribution in [0.15, 0.2) is 16.5 Å². The lowest BCUT2D eigenvalue weighted by molar-refractivity contribution is -0.401. The van der Waals surface area contributed by atoms with Crippen LogP contribution in [0.5, 0.6) is 0 Å². The molecule has 0 aliphatic heterocycles. The van der Waals surface area contributed by atoms with Crippen LogP contribution in [0.25, 0.3) is 11.5 Å². The molecule has 0 spiro atoms. The van der Waals surface area contributed by atoms with E-state index in [-0.39, 0.29) is 5.88 Å². The molecule has 7 heteroatoms. The zero-order chi connectivity index (χ0) is 11.0. The average Bonchev–Trinajstić information content (AvgIpc) is 2.76. The Kier molecular flexibility index (Phi) is 1.93. The second-order valence-electron chi connectivity index (χ2n) is 3.00. The molecule has 0 saturated carbocycles. The largest absolute Gasteiger partial charge is 0.433 e. The molecule has 0 aromatic carbocycles. The standard InChI is InChI=1S/C8H8N4O3/c1-4-7(10-11-8(4)9)5-2-3-6(15-5)12(13)14/h2-3H,1H3,(H3,9,10,11). The normalized spacial score (nSPS) is 10.5. The van der Waals surface area contributed by atoms with Crippen LogP contribution in [0.3, 0.4) is 0 Å². The Morgan fingerprint density at radius 2 is 2.33 bits per heavy atom. The number of nitro groups is 1. The van der Waals surface area contributed by atoms with Gasteiger partial charge in [-0.3, -0.25) is 15.2 Å². The van der Waals surface area contributed by atoms with E-state index in [9.17, 15) is 10.1 Å². The van der Waals surface area contributed by atoms with Gasteiger partial charge in [0.2, 0.25) is 0 Å². The van der Waals surface area contributed by atoms with Gasteiger partial charge >= 0.3 is 5.88 Å². The smallest absolute Gasteiger partial charge is 0.399 e. The van der Waals surface area contributed by atoms with Crippen molar-refractivity contribution in [1.82, 2.24) is 10.2 Å². The number of H-pyrrole nitrogens is 1. The number of rotatable bonds is 2. The third-order valence-corrected chi connectivity index (χ3v) is 2.07. The van der Waals surface area contributed by atoms with Gasteiger partial charge in [-0.1, -0.05) is 0 Å². The van der Waals surface area contributed by atoms with Gasteiger partial charge in [0.05, 0.1) is 6.07 Å². The molecule has 0 saturated heterocycles. The van der Waals surface area contributed by atoms with E-state index in [1.165, 1.54) is 12.1 Å². The summed E-state index contributed by atoms with van der Waals surface area (Å²) in [5.41, 5.74) is 6.79. The fourth-order valence-corrected chi connectivity index (χ4v) is 1.21. The van der Waals surface area contributed by atoms with Gasteiger partial charge in [-0.25, -0.2) is 0 Å². The Hall–Kier alpha value is -2.31. The van der Waals surface area contributed by atoms with E-state index in [2.05, 4.69) is 10.2 Å². The van der Waals surface area contributed by atoms with Crippen molar-refractivity contribution in [2.24, 2.45) is 0 Å². The van der Waals surface area contributed by atoms with E-state index in [4.69, 9.17) is 10.2 Å². The van der Waals surface area contributed by atoms with Gasteiger partial charge in [-0.05, 0) is 13.0 Å². The third kappa shape index (κ3) is 1.43. The molecule has 0 unspecified atom stereocenters. The van der Waals surface area contributed by atoms with Crippen LogP contribution in [0.2, 0.25) is 0 Å². The maximum absolute atomic E-state index is 10.4. The Labute approximate surface area is 84.0 Å². The molecule has 0 amide bonds. The first kappa shape index (κ1) is 9.25. The molecule has 0 radical (unpaired) electrons. The molecule has 15 heavy (non-hydrogen) atoms. The molecule has 2 rings (SSSR count). The first-order valence-electron chi connectivity index (χ1n) is 4.14. The van der Waals surface area contributed by atoms with E-state index < -0.39 is 4.92 Å². The molecule has 0 aliphatic carbocycles. The highest BCUT2D eigenvalue weighted by atomic mass is 16.6. The van der Waals surface area contributed by atoms with Crippen molar-refractivity contribution in [3.63, 3.8) is 0 Å². The van der Waals surface area contributed by atoms with E-state index in [0.29, 0.717) is 22.8 Å². The minimum Gasteiger partial charge on any atom is -0.399 e. The van der Waals surface area contributed by atoms with Crippen molar-refractivity contribution in [3.8, 4) is 11.5 Å². The molecule has 2 heterocycles. The van der Waals surface area contributed by atoms with E-state index in [0.717, 1.165) is 0 Å². The van der Waals surface area contributed by atoms with Gasteiger partial charge in [0.25, 0.3) is 0 Å². The van der Waals surface area contributed by atoms with Crippen LogP contribution in [0.1, 0.15) is 5.56 Å². The lowest BCUT2D eigenvalue weighted by Gasteiger charge is -1.92. The van der Waals surface area contributed by atoms with E-state index in [1.54, 1.807) is 6.92 Å². The minimum absolute atomic E-state index is 0.308. The van der Waals surface area contributed by atoms with E-state index in [1.807, 2.05) is 0 Å². The number of nitrogens with two attached hydrogens (primary N) is 1. The molecule has 0 bridgehead atoms. The quantitative estimate of drug-likeness (QED) is 0.573. The third-order valence-electron chi connectivity index (χ3n) is 2.07. The summed E-state index contributed by atoms with van der Waals surface area (Å²) in [4.78, 5) is 9.80. The molecule has 3 N–H and O–H groups in total. The van der Waals surface area contributed by atoms with Crippen molar-refractivity contribution in [1.29, 1.82) is 0 Å². The van der Waals surface area contributed by atoms with Gasteiger partial charge in [0, 0.05) is 5.56 Å². The second-order valence-corrected chi connectivity index (χ2v) is 3.00. The number of hydrogen-bond acceptors (Lipinski definition) is 5. The number of furan rings is 1. The summed E-state index contributed by atoms with van der Waals surface area (Å²) in [5.74, 6) is 0.394. The van der Waals surface area contributed by atoms with Crippen LogP contribution < -0.4 is 5.73 Å². The summed E-state index contributed by atoms with van der Waals surface area (Å²) in [5, 5.41) is 16.8. The molecule has 0 fully saturated rings. The first-order chi connectivity index (χ1) is 7.09. The minimum atomic E-state index is -0.599. The van der Waals surface area contributed by atoms with Gasteiger partial charge in [-0.2, -0.15) is 5.10 Å².